The molecule has 1 rings (SSSR count). The molecule has 2 atom stereocenters. The minimum atomic E-state index is -0.426. The van der Waals surface area contributed by atoms with Gasteiger partial charge in [0, 0.05) is 38.8 Å². The van der Waals surface area contributed by atoms with Gasteiger partial charge >= 0.3 is 0 Å². The number of hydrogen-bond acceptors (Lipinski definition) is 4. The molecule has 0 saturated carbocycles. The van der Waals surface area contributed by atoms with E-state index in [0.29, 0.717) is 18.5 Å². The van der Waals surface area contributed by atoms with Gasteiger partial charge in [-0.1, -0.05) is 13.8 Å². The molecule has 1 fully saturated rings. The lowest BCUT2D eigenvalue weighted by molar-refractivity contribution is -0.122. The third kappa shape index (κ3) is 4.55. The van der Waals surface area contributed by atoms with Crippen LogP contribution in [-0.4, -0.2) is 67.6 Å². The molecule has 1 unspecified atom stereocenters. The Morgan fingerprint density at radius 2 is 1.78 bits per heavy atom. The molecule has 18 heavy (non-hydrogen) atoms. The summed E-state index contributed by atoms with van der Waals surface area (Å²) >= 11 is 0. The highest BCUT2D eigenvalue weighted by atomic mass is 16.2. The molecule has 1 heterocycles. The maximum Gasteiger partial charge on any atom is 0.236 e. The third-order valence-electron chi connectivity index (χ3n) is 3.68. The van der Waals surface area contributed by atoms with Gasteiger partial charge in [0.2, 0.25) is 5.91 Å². The highest BCUT2D eigenvalue weighted by Gasteiger charge is 2.25. The lowest BCUT2D eigenvalue weighted by Crippen LogP contribution is -2.55. The molecule has 1 amide bonds. The van der Waals surface area contributed by atoms with Crippen molar-refractivity contribution in [2.75, 3.05) is 39.8 Å². The highest BCUT2D eigenvalue weighted by Crippen LogP contribution is 2.12. The number of nitrogens with two attached hydrogens (primary N) is 1. The first-order valence-electron chi connectivity index (χ1n) is 6.87. The van der Waals surface area contributed by atoms with E-state index in [9.17, 15) is 4.79 Å². The van der Waals surface area contributed by atoms with Gasteiger partial charge in [0.15, 0.2) is 0 Å². The van der Waals surface area contributed by atoms with Crippen LogP contribution in [0.4, 0.5) is 0 Å². The maximum absolute atomic E-state index is 11.5. The normalized spacial score (nSPS) is 21.9. The summed E-state index contributed by atoms with van der Waals surface area (Å²) in [5.74, 6) is 0.469. The van der Waals surface area contributed by atoms with Crippen LogP contribution in [0.1, 0.15) is 20.8 Å². The van der Waals surface area contributed by atoms with Gasteiger partial charge in [-0.3, -0.25) is 9.69 Å². The fourth-order valence-electron chi connectivity index (χ4n) is 2.31. The Labute approximate surface area is 111 Å². The van der Waals surface area contributed by atoms with Gasteiger partial charge in [0.05, 0.1) is 6.04 Å². The number of hydrogen-bond donors (Lipinski definition) is 2. The second-order valence-corrected chi connectivity index (χ2v) is 5.68. The zero-order chi connectivity index (χ0) is 13.7. The topological polar surface area (TPSA) is 61.6 Å². The van der Waals surface area contributed by atoms with Crippen LogP contribution in [0.25, 0.3) is 0 Å². The van der Waals surface area contributed by atoms with Crippen molar-refractivity contribution in [2.24, 2.45) is 11.7 Å². The summed E-state index contributed by atoms with van der Waals surface area (Å²) in [5.41, 5.74) is 5.56. The molecule has 1 aliphatic heterocycles. The van der Waals surface area contributed by atoms with Crippen LogP contribution in [0.2, 0.25) is 0 Å². The van der Waals surface area contributed by atoms with Gasteiger partial charge in [-0.15, -0.1) is 0 Å². The van der Waals surface area contributed by atoms with Gasteiger partial charge in [-0.05, 0) is 19.9 Å². The Balaban J connectivity index is 2.47. The van der Waals surface area contributed by atoms with Crippen LogP contribution in [0, 0.1) is 5.92 Å². The number of rotatable bonds is 5. The minimum absolute atomic E-state index is 0.0604. The highest BCUT2D eigenvalue weighted by molar-refractivity contribution is 5.80. The summed E-state index contributed by atoms with van der Waals surface area (Å²) in [4.78, 5) is 16.4. The third-order valence-corrected chi connectivity index (χ3v) is 3.68. The molecule has 0 bridgehead atoms. The average Bonchev–Trinajstić information content (AvgIpc) is 2.30. The number of likely N-dealkylation sites (N-methyl/N-ethyl adjacent to an activating group) is 1. The fourth-order valence-corrected chi connectivity index (χ4v) is 2.31. The van der Waals surface area contributed by atoms with E-state index in [1.54, 1.807) is 6.92 Å². The standard InChI is InChI=1S/C13H28N4O/c1-10(2)12(9-15-13(18)11(3)14)17-7-5-16(4)6-8-17/h10-12H,5-9,14H2,1-4H3,(H,15,18)/t11-,12?/m0/s1. The van der Waals surface area contributed by atoms with Crippen molar-refractivity contribution in [3.05, 3.63) is 0 Å². The molecular weight excluding hydrogens is 228 g/mol. The molecule has 0 aromatic heterocycles. The smallest absolute Gasteiger partial charge is 0.236 e. The largest absolute Gasteiger partial charge is 0.353 e. The SMILES string of the molecule is CC(C)C(CNC(=O)[C@H](C)N)N1CCN(C)CC1. The zero-order valence-electron chi connectivity index (χ0n) is 12.1. The van der Waals surface area contributed by atoms with Gasteiger partial charge < -0.3 is 16.0 Å². The summed E-state index contributed by atoms with van der Waals surface area (Å²) in [6.07, 6.45) is 0. The van der Waals surface area contributed by atoms with Crippen LogP contribution in [-0.2, 0) is 4.79 Å². The molecule has 1 saturated heterocycles. The van der Waals surface area contributed by atoms with Crippen molar-refractivity contribution in [1.82, 2.24) is 15.1 Å². The minimum Gasteiger partial charge on any atom is -0.353 e. The van der Waals surface area contributed by atoms with E-state index in [-0.39, 0.29) is 5.91 Å². The predicted octanol–water partition coefficient (Wildman–Crippen LogP) is -0.278. The summed E-state index contributed by atoms with van der Waals surface area (Å²) in [6.45, 7) is 11.2. The van der Waals surface area contributed by atoms with Gasteiger partial charge in [-0.2, -0.15) is 0 Å². The Kier molecular flexibility index (Phi) is 6.05. The fraction of sp³-hybridized carbons (Fsp3) is 0.923. The number of amides is 1. The van der Waals surface area contributed by atoms with Gasteiger partial charge in [-0.25, -0.2) is 0 Å². The number of nitrogens with one attached hydrogen (secondary N) is 1. The Morgan fingerprint density at radius 1 is 1.22 bits per heavy atom. The van der Waals surface area contributed by atoms with E-state index in [1.165, 1.54) is 0 Å². The molecule has 0 radical (unpaired) electrons. The second-order valence-electron chi connectivity index (χ2n) is 5.68. The lowest BCUT2D eigenvalue weighted by Gasteiger charge is -2.40. The molecule has 5 nitrogen and oxygen atoms in total. The summed E-state index contributed by atoms with van der Waals surface area (Å²) < 4.78 is 0. The zero-order valence-corrected chi connectivity index (χ0v) is 12.1. The molecular formula is C13H28N4O. The summed E-state index contributed by atoms with van der Waals surface area (Å²) in [7, 11) is 2.15. The van der Waals surface area contributed by atoms with Crippen LogP contribution in [0.5, 0.6) is 0 Å². The number of nitrogens with zero attached hydrogens (tertiary/aromatic N) is 2. The Hall–Kier alpha value is -0.650. The molecule has 5 heteroatoms. The van der Waals surface area contributed by atoms with E-state index < -0.39 is 6.04 Å². The van der Waals surface area contributed by atoms with Crippen molar-refractivity contribution in [1.29, 1.82) is 0 Å². The van der Waals surface area contributed by atoms with E-state index in [2.05, 4.69) is 36.0 Å². The molecule has 0 spiro atoms. The monoisotopic (exact) mass is 256 g/mol. The average molecular weight is 256 g/mol. The van der Waals surface area contributed by atoms with E-state index >= 15 is 0 Å². The van der Waals surface area contributed by atoms with E-state index in [1.807, 2.05) is 0 Å². The second kappa shape index (κ2) is 7.07. The van der Waals surface area contributed by atoms with Crippen molar-refractivity contribution >= 4 is 5.91 Å². The molecule has 0 aromatic rings. The van der Waals surface area contributed by atoms with Crippen molar-refractivity contribution in [3.8, 4) is 0 Å². The van der Waals surface area contributed by atoms with Crippen molar-refractivity contribution in [2.45, 2.75) is 32.9 Å². The first kappa shape index (κ1) is 15.4. The van der Waals surface area contributed by atoms with Crippen LogP contribution >= 0.6 is 0 Å². The molecule has 0 aromatic carbocycles. The first-order chi connectivity index (χ1) is 8.41. The van der Waals surface area contributed by atoms with E-state index in [4.69, 9.17) is 5.73 Å². The molecule has 106 valence electrons. The number of carbonyl (C=O) groups is 1. The Morgan fingerprint density at radius 3 is 2.22 bits per heavy atom. The maximum atomic E-state index is 11.5. The van der Waals surface area contributed by atoms with Crippen molar-refractivity contribution < 1.29 is 4.79 Å². The van der Waals surface area contributed by atoms with Crippen LogP contribution in [0.15, 0.2) is 0 Å². The summed E-state index contributed by atoms with van der Waals surface area (Å²) in [6, 6.07) is -0.0216. The van der Waals surface area contributed by atoms with Crippen molar-refractivity contribution in [3.63, 3.8) is 0 Å². The Bertz CT molecular complexity index is 260. The van der Waals surface area contributed by atoms with Gasteiger partial charge in [0.1, 0.15) is 0 Å². The van der Waals surface area contributed by atoms with Crippen LogP contribution < -0.4 is 11.1 Å². The molecule has 0 aliphatic carbocycles. The van der Waals surface area contributed by atoms with E-state index in [0.717, 1.165) is 26.2 Å². The summed E-state index contributed by atoms with van der Waals surface area (Å²) in [5, 5.41) is 2.95. The van der Waals surface area contributed by atoms with Crippen LogP contribution in [0.3, 0.4) is 0 Å². The predicted molar refractivity (Wildman–Crippen MR) is 74.4 cm³/mol. The van der Waals surface area contributed by atoms with Gasteiger partial charge in [0.25, 0.3) is 0 Å². The lowest BCUT2D eigenvalue weighted by atomic mass is 10.0. The number of carbonyl (C=O) groups excluding carboxylic acids is 1. The first-order valence-corrected chi connectivity index (χ1v) is 6.87. The number of piperazine rings is 1. The molecule has 3 N–H and O–H groups in total. The molecule has 1 aliphatic rings. The quantitative estimate of drug-likeness (QED) is 0.710.